The Bertz CT molecular complexity index is 717. The number of benzene rings is 1. The predicted molar refractivity (Wildman–Crippen MR) is 101 cm³/mol. The van der Waals surface area contributed by atoms with Crippen LogP contribution in [-0.2, 0) is 24.4 Å². The summed E-state index contributed by atoms with van der Waals surface area (Å²) in [5.41, 5.74) is 2.46. The maximum atomic E-state index is 13.6. The van der Waals surface area contributed by atoms with E-state index in [2.05, 4.69) is 20.6 Å². The van der Waals surface area contributed by atoms with Crippen molar-refractivity contribution in [3.8, 4) is 0 Å². The van der Waals surface area contributed by atoms with Crippen molar-refractivity contribution in [1.82, 2.24) is 15.6 Å². The molecule has 0 fully saturated rings. The van der Waals surface area contributed by atoms with Crippen LogP contribution < -0.4 is 15.5 Å². The zero-order valence-electron chi connectivity index (χ0n) is 15.0. The third-order valence-electron chi connectivity index (χ3n) is 3.45. The molecule has 0 saturated carbocycles. The monoisotopic (exact) mass is 365 g/mol. The number of aromatic nitrogens is 1. The standard InChI is InChI=1S/C17H24FN5OS/c1-19-16(21-9-14-11-25-17(22-14)23(2)3)20-8-12-5-6-15(18)13(7-12)10-24-4/h5-7,11H,8-10H2,1-4H3,(H2,19,20,21). The van der Waals surface area contributed by atoms with Gasteiger partial charge in [0.05, 0.1) is 18.8 Å². The molecule has 1 heterocycles. The summed E-state index contributed by atoms with van der Waals surface area (Å²) < 4.78 is 18.7. The number of methoxy groups -OCH3 is 1. The first-order chi connectivity index (χ1) is 12.0. The van der Waals surface area contributed by atoms with E-state index < -0.39 is 0 Å². The number of thiazole rings is 1. The molecule has 0 saturated heterocycles. The van der Waals surface area contributed by atoms with Gasteiger partial charge in [0.25, 0.3) is 0 Å². The highest BCUT2D eigenvalue weighted by atomic mass is 32.1. The van der Waals surface area contributed by atoms with E-state index in [0.29, 0.717) is 24.6 Å². The number of hydrogen-bond donors (Lipinski definition) is 2. The number of guanidine groups is 1. The van der Waals surface area contributed by atoms with Crippen molar-refractivity contribution in [2.75, 3.05) is 33.2 Å². The molecule has 0 unspecified atom stereocenters. The van der Waals surface area contributed by atoms with Crippen molar-refractivity contribution in [3.05, 3.63) is 46.2 Å². The molecule has 0 aliphatic carbocycles. The summed E-state index contributed by atoms with van der Waals surface area (Å²) in [7, 11) is 7.20. The van der Waals surface area contributed by atoms with Crippen LogP contribution in [0.25, 0.3) is 0 Å². The molecule has 0 aliphatic rings. The fourth-order valence-electron chi connectivity index (χ4n) is 2.17. The van der Waals surface area contributed by atoms with Crippen molar-refractivity contribution in [2.45, 2.75) is 19.7 Å². The maximum Gasteiger partial charge on any atom is 0.191 e. The molecule has 0 amide bonds. The molecule has 25 heavy (non-hydrogen) atoms. The van der Waals surface area contributed by atoms with E-state index in [4.69, 9.17) is 4.74 Å². The van der Waals surface area contributed by atoms with Gasteiger partial charge in [-0.25, -0.2) is 9.37 Å². The fraction of sp³-hybridized carbons (Fsp3) is 0.412. The predicted octanol–water partition coefficient (Wildman–Crippen LogP) is 2.36. The number of nitrogens with zero attached hydrogens (tertiary/aromatic N) is 3. The third kappa shape index (κ3) is 5.68. The summed E-state index contributed by atoms with van der Waals surface area (Å²) in [5.74, 6) is 0.408. The molecule has 2 N–H and O–H groups in total. The molecule has 0 bridgehead atoms. The number of hydrogen-bond acceptors (Lipinski definition) is 5. The minimum absolute atomic E-state index is 0.255. The average molecular weight is 365 g/mol. The molecular weight excluding hydrogens is 341 g/mol. The van der Waals surface area contributed by atoms with Crippen molar-refractivity contribution in [3.63, 3.8) is 0 Å². The molecule has 136 valence electrons. The third-order valence-corrected chi connectivity index (χ3v) is 4.51. The minimum Gasteiger partial charge on any atom is -0.380 e. The Hall–Kier alpha value is -2.19. The van der Waals surface area contributed by atoms with Crippen LogP contribution in [0.2, 0.25) is 0 Å². The Morgan fingerprint density at radius 2 is 2.08 bits per heavy atom. The second-order valence-electron chi connectivity index (χ2n) is 5.65. The lowest BCUT2D eigenvalue weighted by Crippen LogP contribution is -2.36. The van der Waals surface area contributed by atoms with Crippen molar-refractivity contribution in [1.29, 1.82) is 0 Å². The zero-order valence-corrected chi connectivity index (χ0v) is 15.8. The van der Waals surface area contributed by atoms with Gasteiger partial charge in [-0.3, -0.25) is 4.99 Å². The highest BCUT2D eigenvalue weighted by Crippen LogP contribution is 2.17. The second kappa shape index (κ2) is 9.33. The van der Waals surface area contributed by atoms with Crippen molar-refractivity contribution < 1.29 is 9.13 Å². The maximum absolute atomic E-state index is 13.6. The first-order valence-electron chi connectivity index (χ1n) is 7.86. The Morgan fingerprint density at radius 3 is 2.72 bits per heavy atom. The smallest absolute Gasteiger partial charge is 0.191 e. The van der Waals surface area contributed by atoms with E-state index in [1.807, 2.05) is 24.4 Å². The van der Waals surface area contributed by atoms with E-state index in [9.17, 15) is 4.39 Å². The summed E-state index contributed by atoms with van der Waals surface area (Å²) in [6, 6.07) is 5.00. The Balaban J connectivity index is 1.88. The van der Waals surface area contributed by atoms with E-state index >= 15 is 0 Å². The molecule has 0 radical (unpaired) electrons. The Kier molecular flexibility index (Phi) is 7.15. The van der Waals surface area contributed by atoms with E-state index in [1.165, 1.54) is 6.07 Å². The van der Waals surface area contributed by atoms with Crippen LogP contribution in [0, 0.1) is 5.82 Å². The van der Waals surface area contributed by atoms with Crippen LogP contribution in [-0.4, -0.2) is 39.2 Å². The molecule has 2 rings (SSSR count). The summed E-state index contributed by atoms with van der Waals surface area (Å²) >= 11 is 1.60. The molecule has 0 atom stereocenters. The van der Waals surface area contributed by atoms with Gasteiger partial charge in [-0.05, 0) is 17.7 Å². The Morgan fingerprint density at radius 1 is 1.32 bits per heavy atom. The van der Waals surface area contributed by atoms with Crippen LogP contribution >= 0.6 is 11.3 Å². The van der Waals surface area contributed by atoms with Gasteiger partial charge in [0.1, 0.15) is 5.82 Å². The number of nitrogens with one attached hydrogen (secondary N) is 2. The van der Waals surface area contributed by atoms with Crippen LogP contribution in [0.15, 0.2) is 28.6 Å². The molecule has 8 heteroatoms. The molecule has 0 spiro atoms. The first-order valence-corrected chi connectivity index (χ1v) is 8.74. The van der Waals surface area contributed by atoms with Gasteiger partial charge in [-0.15, -0.1) is 11.3 Å². The Labute approximate surface area is 151 Å². The molecular formula is C17H24FN5OS. The first kappa shape index (κ1) is 19.1. The highest BCUT2D eigenvalue weighted by molar-refractivity contribution is 7.13. The molecule has 0 aliphatic heterocycles. The van der Waals surface area contributed by atoms with Gasteiger partial charge < -0.3 is 20.3 Å². The van der Waals surface area contributed by atoms with Crippen molar-refractivity contribution in [2.24, 2.45) is 4.99 Å². The van der Waals surface area contributed by atoms with E-state index in [1.54, 1.807) is 37.6 Å². The number of anilines is 1. The van der Waals surface area contributed by atoms with E-state index in [-0.39, 0.29) is 12.4 Å². The number of rotatable bonds is 7. The average Bonchev–Trinajstić information content (AvgIpc) is 3.07. The zero-order chi connectivity index (χ0) is 18.2. The van der Waals surface area contributed by atoms with Crippen LogP contribution in [0.3, 0.4) is 0 Å². The van der Waals surface area contributed by atoms with Gasteiger partial charge in [-0.1, -0.05) is 6.07 Å². The summed E-state index contributed by atoms with van der Waals surface area (Å²) in [4.78, 5) is 10.7. The highest BCUT2D eigenvalue weighted by Gasteiger charge is 2.06. The van der Waals surface area contributed by atoms with Crippen molar-refractivity contribution >= 4 is 22.4 Å². The van der Waals surface area contributed by atoms with Gasteiger partial charge >= 0.3 is 0 Å². The SMILES string of the molecule is CN=C(NCc1ccc(F)c(COC)c1)NCc1csc(N(C)C)n1. The molecule has 6 nitrogen and oxygen atoms in total. The van der Waals surface area contributed by atoms with Gasteiger partial charge in [0.2, 0.25) is 0 Å². The molecule has 2 aromatic rings. The van der Waals surface area contributed by atoms with Crippen LogP contribution in [0.1, 0.15) is 16.8 Å². The van der Waals surface area contributed by atoms with Gasteiger partial charge in [-0.2, -0.15) is 0 Å². The second-order valence-corrected chi connectivity index (χ2v) is 6.49. The largest absolute Gasteiger partial charge is 0.380 e. The van der Waals surface area contributed by atoms with Gasteiger partial charge in [0, 0.05) is 45.7 Å². The topological polar surface area (TPSA) is 61.8 Å². The quantitative estimate of drug-likeness (QED) is 0.583. The van der Waals surface area contributed by atoms with Crippen LogP contribution in [0.5, 0.6) is 0 Å². The van der Waals surface area contributed by atoms with Crippen LogP contribution in [0.4, 0.5) is 9.52 Å². The minimum atomic E-state index is -0.256. The van der Waals surface area contributed by atoms with E-state index in [0.717, 1.165) is 16.4 Å². The fourth-order valence-corrected chi connectivity index (χ4v) is 2.93. The summed E-state index contributed by atoms with van der Waals surface area (Å²) in [6.07, 6.45) is 0. The normalized spacial score (nSPS) is 11.5. The van der Waals surface area contributed by atoms with Gasteiger partial charge in [0.15, 0.2) is 11.1 Å². The molecule has 1 aromatic carbocycles. The molecule has 1 aromatic heterocycles. The number of ether oxygens (including phenoxy) is 1. The summed E-state index contributed by atoms with van der Waals surface area (Å²) in [6.45, 7) is 1.38. The lowest BCUT2D eigenvalue weighted by atomic mass is 10.1. The number of aliphatic imine (C=N–C) groups is 1. The number of halogens is 1. The lowest BCUT2D eigenvalue weighted by Gasteiger charge is -2.12. The lowest BCUT2D eigenvalue weighted by molar-refractivity contribution is 0.181. The summed E-state index contributed by atoms with van der Waals surface area (Å²) in [5, 5.41) is 9.43.